The average Bonchev–Trinajstić information content (AvgIpc) is 2.44. The van der Waals surface area contributed by atoms with Crippen LogP contribution in [0.2, 0.25) is 0 Å². The first-order valence-corrected chi connectivity index (χ1v) is 3.69. The van der Waals surface area contributed by atoms with E-state index in [4.69, 9.17) is 11.0 Å². The molecule has 0 atom stereocenters. The van der Waals surface area contributed by atoms with Gasteiger partial charge in [0.15, 0.2) is 0 Å². The molecule has 0 aliphatic carbocycles. The highest BCUT2D eigenvalue weighted by atomic mass is 19.1. The van der Waals surface area contributed by atoms with Gasteiger partial charge in [0.1, 0.15) is 17.6 Å². The van der Waals surface area contributed by atoms with Gasteiger partial charge < -0.3 is 10.7 Å². The summed E-state index contributed by atoms with van der Waals surface area (Å²) in [4.78, 5) is 2.79. The number of aromatic amines is 1. The Morgan fingerprint density at radius 3 is 2.92 bits per heavy atom. The van der Waals surface area contributed by atoms with E-state index in [2.05, 4.69) is 4.98 Å². The van der Waals surface area contributed by atoms with Gasteiger partial charge in [0, 0.05) is 10.9 Å². The minimum atomic E-state index is -0.359. The molecule has 0 saturated heterocycles. The lowest BCUT2D eigenvalue weighted by atomic mass is 10.2. The van der Waals surface area contributed by atoms with E-state index in [-0.39, 0.29) is 11.5 Å². The number of nitrogens with one attached hydrogen (secondary N) is 1. The summed E-state index contributed by atoms with van der Waals surface area (Å²) >= 11 is 0. The van der Waals surface area contributed by atoms with Crippen LogP contribution in [0.5, 0.6) is 0 Å². The Morgan fingerprint density at radius 1 is 1.46 bits per heavy atom. The van der Waals surface area contributed by atoms with Crippen molar-refractivity contribution in [2.24, 2.45) is 0 Å². The van der Waals surface area contributed by atoms with Crippen LogP contribution in [0, 0.1) is 17.1 Å². The van der Waals surface area contributed by atoms with Gasteiger partial charge in [-0.1, -0.05) is 0 Å². The first-order valence-electron chi connectivity index (χ1n) is 3.69. The van der Waals surface area contributed by atoms with Gasteiger partial charge in [-0.25, -0.2) is 4.39 Å². The van der Waals surface area contributed by atoms with Crippen LogP contribution in [0.3, 0.4) is 0 Å². The van der Waals surface area contributed by atoms with E-state index in [1.54, 1.807) is 6.07 Å². The standard InChI is InChI=1S/C9H6FN3/c10-5-1-2-7-6(3-5)9(12)8(4-11)13-7/h1-3,13H,12H2. The number of nitrogen functional groups attached to an aromatic ring is 1. The van der Waals surface area contributed by atoms with E-state index in [0.717, 1.165) is 0 Å². The van der Waals surface area contributed by atoms with E-state index in [0.29, 0.717) is 16.6 Å². The van der Waals surface area contributed by atoms with E-state index < -0.39 is 0 Å². The molecule has 0 aliphatic rings. The Hall–Kier alpha value is -2.02. The zero-order valence-electron chi connectivity index (χ0n) is 6.63. The highest BCUT2D eigenvalue weighted by molar-refractivity contribution is 5.94. The number of nitrogens with two attached hydrogens (primary N) is 1. The van der Waals surface area contributed by atoms with Gasteiger partial charge in [-0.2, -0.15) is 5.26 Å². The molecule has 0 unspecified atom stereocenters. The van der Waals surface area contributed by atoms with Gasteiger partial charge in [-0.15, -0.1) is 0 Å². The summed E-state index contributed by atoms with van der Waals surface area (Å²) in [6.45, 7) is 0. The summed E-state index contributed by atoms with van der Waals surface area (Å²) in [7, 11) is 0. The van der Waals surface area contributed by atoms with Crippen LogP contribution in [0.4, 0.5) is 10.1 Å². The molecule has 0 bridgehead atoms. The number of aromatic nitrogens is 1. The van der Waals surface area contributed by atoms with Crippen LogP contribution in [0.1, 0.15) is 5.69 Å². The first kappa shape index (κ1) is 7.62. The molecule has 2 rings (SSSR count). The van der Waals surface area contributed by atoms with E-state index in [1.165, 1.54) is 12.1 Å². The second-order valence-electron chi connectivity index (χ2n) is 2.72. The summed E-state index contributed by atoms with van der Waals surface area (Å²) in [5.74, 6) is -0.359. The number of anilines is 1. The van der Waals surface area contributed by atoms with Crippen molar-refractivity contribution in [3.05, 3.63) is 29.7 Å². The van der Waals surface area contributed by atoms with Crippen LogP contribution in [0.15, 0.2) is 18.2 Å². The monoisotopic (exact) mass is 175 g/mol. The van der Waals surface area contributed by atoms with Gasteiger partial charge in [0.2, 0.25) is 0 Å². The third kappa shape index (κ3) is 1.02. The molecule has 4 heteroatoms. The number of nitriles is 1. The lowest BCUT2D eigenvalue weighted by Gasteiger charge is -1.90. The van der Waals surface area contributed by atoms with Crippen molar-refractivity contribution in [2.45, 2.75) is 0 Å². The molecule has 0 amide bonds. The fourth-order valence-corrected chi connectivity index (χ4v) is 1.27. The molecule has 2 aromatic rings. The average molecular weight is 175 g/mol. The third-order valence-corrected chi connectivity index (χ3v) is 1.91. The van der Waals surface area contributed by atoms with Crippen molar-refractivity contribution in [3.63, 3.8) is 0 Å². The van der Waals surface area contributed by atoms with Crippen molar-refractivity contribution in [2.75, 3.05) is 5.73 Å². The van der Waals surface area contributed by atoms with Crippen LogP contribution >= 0.6 is 0 Å². The van der Waals surface area contributed by atoms with E-state index >= 15 is 0 Å². The minimum absolute atomic E-state index is 0.278. The molecule has 0 aliphatic heterocycles. The smallest absolute Gasteiger partial charge is 0.141 e. The van der Waals surface area contributed by atoms with Crippen LogP contribution in [-0.2, 0) is 0 Å². The van der Waals surface area contributed by atoms with Gasteiger partial charge in [0.25, 0.3) is 0 Å². The normalized spacial score (nSPS) is 10.2. The quantitative estimate of drug-likeness (QED) is 0.640. The largest absolute Gasteiger partial charge is 0.396 e. The number of hydrogen-bond donors (Lipinski definition) is 2. The van der Waals surface area contributed by atoms with Gasteiger partial charge >= 0.3 is 0 Å². The second kappa shape index (κ2) is 2.49. The number of rotatable bonds is 0. The Balaban J connectivity index is 2.87. The molecular weight excluding hydrogens is 169 g/mol. The maximum Gasteiger partial charge on any atom is 0.141 e. The zero-order valence-corrected chi connectivity index (χ0v) is 6.63. The molecule has 0 spiro atoms. The van der Waals surface area contributed by atoms with Crippen molar-refractivity contribution in [1.29, 1.82) is 5.26 Å². The lowest BCUT2D eigenvalue weighted by molar-refractivity contribution is 0.630. The second-order valence-corrected chi connectivity index (χ2v) is 2.72. The molecule has 13 heavy (non-hydrogen) atoms. The summed E-state index contributed by atoms with van der Waals surface area (Å²) in [6, 6.07) is 6.08. The fraction of sp³-hybridized carbons (Fsp3) is 0. The molecule has 64 valence electrons. The third-order valence-electron chi connectivity index (χ3n) is 1.91. The maximum atomic E-state index is 12.8. The number of H-pyrrole nitrogens is 1. The molecule has 1 aromatic heterocycles. The summed E-state index contributed by atoms with van der Waals surface area (Å²) in [5, 5.41) is 9.19. The molecule has 0 radical (unpaired) electrons. The van der Waals surface area contributed by atoms with Crippen molar-refractivity contribution in [1.82, 2.24) is 4.98 Å². The zero-order chi connectivity index (χ0) is 9.42. The number of nitrogens with zero attached hydrogens (tertiary/aromatic N) is 1. The summed E-state index contributed by atoms with van der Waals surface area (Å²) < 4.78 is 12.8. The molecule has 0 saturated carbocycles. The maximum absolute atomic E-state index is 12.8. The van der Waals surface area contributed by atoms with E-state index in [1.807, 2.05) is 6.07 Å². The number of halogens is 1. The summed E-state index contributed by atoms with van der Waals surface area (Å²) in [5.41, 5.74) is 6.86. The first-order chi connectivity index (χ1) is 6.22. The summed E-state index contributed by atoms with van der Waals surface area (Å²) in [6.07, 6.45) is 0. The van der Waals surface area contributed by atoms with Crippen molar-refractivity contribution < 1.29 is 4.39 Å². The predicted molar refractivity (Wildman–Crippen MR) is 47.4 cm³/mol. The van der Waals surface area contributed by atoms with Crippen LogP contribution in [0.25, 0.3) is 10.9 Å². The highest BCUT2D eigenvalue weighted by Crippen LogP contribution is 2.24. The predicted octanol–water partition coefficient (Wildman–Crippen LogP) is 1.76. The van der Waals surface area contributed by atoms with E-state index in [9.17, 15) is 4.39 Å². The molecule has 3 nitrogen and oxygen atoms in total. The van der Waals surface area contributed by atoms with Crippen molar-refractivity contribution in [3.8, 4) is 6.07 Å². The topological polar surface area (TPSA) is 65.6 Å². The number of hydrogen-bond acceptors (Lipinski definition) is 2. The van der Waals surface area contributed by atoms with Gasteiger partial charge in [0.05, 0.1) is 5.69 Å². The Kier molecular flexibility index (Phi) is 1.46. The van der Waals surface area contributed by atoms with Crippen LogP contribution in [-0.4, -0.2) is 4.98 Å². The molecule has 1 heterocycles. The Bertz CT molecular complexity index is 507. The lowest BCUT2D eigenvalue weighted by Crippen LogP contribution is -1.85. The Labute approximate surface area is 73.6 Å². The SMILES string of the molecule is N#Cc1[nH]c2ccc(F)cc2c1N. The molecule has 0 fully saturated rings. The number of fused-ring (bicyclic) bond motifs is 1. The van der Waals surface area contributed by atoms with Crippen molar-refractivity contribution >= 4 is 16.6 Å². The fourth-order valence-electron chi connectivity index (χ4n) is 1.27. The molecular formula is C9H6FN3. The Morgan fingerprint density at radius 2 is 2.23 bits per heavy atom. The molecule has 3 N–H and O–H groups in total. The number of benzene rings is 1. The highest BCUT2D eigenvalue weighted by Gasteiger charge is 2.07. The van der Waals surface area contributed by atoms with Gasteiger partial charge in [-0.05, 0) is 18.2 Å². The minimum Gasteiger partial charge on any atom is -0.396 e. The van der Waals surface area contributed by atoms with Gasteiger partial charge in [-0.3, -0.25) is 0 Å². The molecule has 1 aromatic carbocycles. The van der Waals surface area contributed by atoms with Crippen LogP contribution < -0.4 is 5.73 Å².